The molecule has 0 amide bonds. The van der Waals surface area contributed by atoms with E-state index in [0.29, 0.717) is 17.6 Å². The van der Waals surface area contributed by atoms with E-state index in [9.17, 15) is 14.3 Å². The molecule has 0 saturated heterocycles. The molecule has 1 N–H and O–H groups in total. The van der Waals surface area contributed by atoms with Crippen molar-refractivity contribution in [2.24, 2.45) is 0 Å². The Bertz CT molecular complexity index is 519. The van der Waals surface area contributed by atoms with Gasteiger partial charge in [-0.25, -0.2) is 9.18 Å². The number of unbranched alkanes of at least 4 members (excludes halogenated alkanes) is 1. The van der Waals surface area contributed by atoms with E-state index in [1.165, 1.54) is 12.1 Å². The van der Waals surface area contributed by atoms with Crippen molar-refractivity contribution in [3.05, 3.63) is 41.4 Å². The summed E-state index contributed by atoms with van der Waals surface area (Å²) in [7, 11) is 0. The fourth-order valence-electron chi connectivity index (χ4n) is 2.41. The number of halogens is 1. The Kier molecular flexibility index (Phi) is 3.60. The molecule has 1 aliphatic rings. The van der Waals surface area contributed by atoms with Gasteiger partial charge in [-0.3, -0.25) is 0 Å². The predicted molar refractivity (Wildman–Crippen MR) is 70.0 cm³/mol. The van der Waals surface area contributed by atoms with Crippen molar-refractivity contribution in [2.45, 2.75) is 38.7 Å². The number of cyclic esters (lactones) is 1. The standard InChI is InChI=1S/C15H17FO3/c1-3-4-9-15(2)12(13(17)14(18)19-15)10-5-7-11(16)8-6-10/h5-8,17H,3-4,9H2,1-2H3. The summed E-state index contributed by atoms with van der Waals surface area (Å²) in [5.74, 6) is -1.44. The second-order valence-corrected chi connectivity index (χ2v) is 4.95. The minimum absolute atomic E-state index is 0.357. The van der Waals surface area contributed by atoms with Gasteiger partial charge in [-0.15, -0.1) is 0 Å². The molecular formula is C15H17FO3. The van der Waals surface area contributed by atoms with E-state index >= 15 is 0 Å². The van der Waals surface area contributed by atoms with Crippen molar-refractivity contribution in [2.75, 3.05) is 0 Å². The molecule has 0 aromatic heterocycles. The summed E-state index contributed by atoms with van der Waals surface area (Å²) in [6.45, 7) is 3.82. The maximum Gasteiger partial charge on any atom is 0.374 e. The molecule has 0 saturated carbocycles. The quantitative estimate of drug-likeness (QED) is 0.845. The third kappa shape index (κ3) is 2.48. The first-order chi connectivity index (χ1) is 8.98. The van der Waals surface area contributed by atoms with Gasteiger partial charge in [0.05, 0.1) is 5.57 Å². The fourth-order valence-corrected chi connectivity index (χ4v) is 2.41. The number of hydrogen-bond donors (Lipinski definition) is 1. The van der Waals surface area contributed by atoms with Crippen molar-refractivity contribution < 1.29 is 19.0 Å². The topological polar surface area (TPSA) is 46.5 Å². The van der Waals surface area contributed by atoms with Gasteiger partial charge in [0, 0.05) is 0 Å². The van der Waals surface area contributed by atoms with Gasteiger partial charge in [0.2, 0.25) is 5.76 Å². The zero-order valence-corrected chi connectivity index (χ0v) is 11.1. The van der Waals surface area contributed by atoms with Gasteiger partial charge in [0.1, 0.15) is 11.4 Å². The van der Waals surface area contributed by atoms with Crippen LogP contribution in [0, 0.1) is 5.82 Å². The van der Waals surface area contributed by atoms with Gasteiger partial charge in [0.15, 0.2) is 0 Å². The van der Waals surface area contributed by atoms with E-state index in [2.05, 4.69) is 0 Å². The lowest BCUT2D eigenvalue weighted by molar-refractivity contribution is -0.147. The maximum absolute atomic E-state index is 13.0. The predicted octanol–water partition coefficient (Wildman–Crippen LogP) is 3.60. The first-order valence-electron chi connectivity index (χ1n) is 6.41. The molecule has 1 heterocycles. The van der Waals surface area contributed by atoms with Crippen molar-refractivity contribution in [1.29, 1.82) is 0 Å². The Hall–Kier alpha value is -1.84. The highest BCUT2D eigenvalue weighted by Gasteiger charge is 2.44. The molecule has 0 radical (unpaired) electrons. The van der Waals surface area contributed by atoms with Crippen LogP contribution in [0.5, 0.6) is 0 Å². The first-order valence-corrected chi connectivity index (χ1v) is 6.41. The van der Waals surface area contributed by atoms with E-state index in [-0.39, 0.29) is 11.6 Å². The van der Waals surface area contributed by atoms with E-state index in [4.69, 9.17) is 4.74 Å². The molecular weight excluding hydrogens is 247 g/mol. The highest BCUT2D eigenvalue weighted by atomic mass is 19.1. The fraction of sp³-hybridized carbons (Fsp3) is 0.400. The number of ether oxygens (including phenoxy) is 1. The van der Waals surface area contributed by atoms with Crippen LogP contribution in [0.3, 0.4) is 0 Å². The van der Waals surface area contributed by atoms with Crippen molar-refractivity contribution >= 4 is 11.5 Å². The van der Waals surface area contributed by atoms with Gasteiger partial charge in [-0.2, -0.15) is 0 Å². The van der Waals surface area contributed by atoms with Gasteiger partial charge in [0.25, 0.3) is 0 Å². The minimum atomic E-state index is -0.838. The normalized spacial score (nSPS) is 22.8. The lowest BCUT2D eigenvalue weighted by Crippen LogP contribution is -2.27. The van der Waals surface area contributed by atoms with E-state index in [1.807, 2.05) is 6.92 Å². The second-order valence-electron chi connectivity index (χ2n) is 4.95. The highest BCUT2D eigenvalue weighted by Crippen LogP contribution is 2.42. The van der Waals surface area contributed by atoms with Crippen LogP contribution < -0.4 is 0 Å². The molecule has 0 fully saturated rings. The first kappa shape index (κ1) is 13.6. The Balaban J connectivity index is 2.43. The lowest BCUT2D eigenvalue weighted by atomic mass is 9.86. The lowest BCUT2D eigenvalue weighted by Gasteiger charge is -2.26. The van der Waals surface area contributed by atoms with Crippen LogP contribution in [0.4, 0.5) is 4.39 Å². The highest BCUT2D eigenvalue weighted by molar-refractivity contribution is 6.01. The van der Waals surface area contributed by atoms with Crippen molar-refractivity contribution in [1.82, 2.24) is 0 Å². The summed E-state index contributed by atoms with van der Waals surface area (Å²) < 4.78 is 18.3. The monoisotopic (exact) mass is 264 g/mol. The SMILES string of the molecule is CCCCC1(C)OC(=O)C(O)=C1c1ccc(F)cc1. The molecule has 1 aliphatic heterocycles. The number of hydrogen-bond acceptors (Lipinski definition) is 3. The average Bonchev–Trinajstić information content (AvgIpc) is 2.60. The van der Waals surface area contributed by atoms with Crippen LogP contribution in [0.1, 0.15) is 38.7 Å². The molecule has 1 aromatic carbocycles. The molecule has 1 unspecified atom stereocenters. The Morgan fingerprint density at radius 2 is 1.95 bits per heavy atom. The van der Waals surface area contributed by atoms with Crippen LogP contribution >= 0.6 is 0 Å². The third-order valence-electron chi connectivity index (χ3n) is 3.42. The van der Waals surface area contributed by atoms with Crippen LogP contribution in [0.25, 0.3) is 5.57 Å². The second kappa shape index (κ2) is 5.03. The summed E-state index contributed by atoms with van der Waals surface area (Å²) in [5.41, 5.74) is 0.226. The maximum atomic E-state index is 13.0. The summed E-state index contributed by atoms with van der Waals surface area (Å²) in [4.78, 5) is 11.6. The van der Waals surface area contributed by atoms with Gasteiger partial charge < -0.3 is 9.84 Å². The molecule has 2 rings (SSSR count). The number of benzene rings is 1. The Morgan fingerprint density at radius 3 is 2.53 bits per heavy atom. The molecule has 0 spiro atoms. The van der Waals surface area contributed by atoms with E-state index < -0.39 is 11.6 Å². The van der Waals surface area contributed by atoms with Gasteiger partial charge in [-0.05, 0) is 37.5 Å². The number of rotatable bonds is 4. The number of aliphatic hydroxyl groups is 1. The summed E-state index contributed by atoms with van der Waals surface area (Å²) in [5, 5.41) is 9.93. The van der Waals surface area contributed by atoms with Crippen LogP contribution in [-0.2, 0) is 9.53 Å². The molecule has 3 nitrogen and oxygen atoms in total. The molecule has 1 atom stereocenters. The number of esters is 1. The van der Waals surface area contributed by atoms with Gasteiger partial charge in [-0.1, -0.05) is 25.5 Å². The molecule has 19 heavy (non-hydrogen) atoms. The van der Waals surface area contributed by atoms with E-state index in [0.717, 1.165) is 12.8 Å². The number of carbonyl (C=O) groups is 1. The van der Waals surface area contributed by atoms with Crippen LogP contribution in [0.2, 0.25) is 0 Å². The third-order valence-corrected chi connectivity index (χ3v) is 3.42. The molecule has 1 aromatic rings. The van der Waals surface area contributed by atoms with Crippen LogP contribution in [0.15, 0.2) is 30.0 Å². The van der Waals surface area contributed by atoms with Gasteiger partial charge >= 0.3 is 5.97 Å². The zero-order valence-electron chi connectivity index (χ0n) is 11.1. The minimum Gasteiger partial charge on any atom is -0.502 e. The molecule has 4 heteroatoms. The Labute approximate surface area is 111 Å². The van der Waals surface area contributed by atoms with E-state index in [1.54, 1.807) is 19.1 Å². The molecule has 102 valence electrons. The summed E-state index contributed by atoms with van der Waals surface area (Å²) in [6.07, 6.45) is 2.47. The summed E-state index contributed by atoms with van der Waals surface area (Å²) in [6, 6.07) is 5.71. The largest absolute Gasteiger partial charge is 0.502 e. The molecule has 0 bridgehead atoms. The number of aliphatic hydroxyl groups excluding tert-OH is 1. The van der Waals surface area contributed by atoms with Crippen LogP contribution in [-0.4, -0.2) is 16.7 Å². The molecule has 0 aliphatic carbocycles. The summed E-state index contributed by atoms with van der Waals surface area (Å²) >= 11 is 0. The van der Waals surface area contributed by atoms with Crippen molar-refractivity contribution in [3.8, 4) is 0 Å². The average molecular weight is 264 g/mol. The number of carbonyl (C=O) groups excluding carboxylic acids is 1. The smallest absolute Gasteiger partial charge is 0.374 e. The zero-order chi connectivity index (χ0) is 14.0. The van der Waals surface area contributed by atoms with Crippen molar-refractivity contribution in [3.63, 3.8) is 0 Å². The Morgan fingerprint density at radius 1 is 1.32 bits per heavy atom.